The van der Waals surface area contributed by atoms with Crippen LogP contribution in [0.15, 0.2) is 23.4 Å². The number of ether oxygens (including phenoxy) is 2. The van der Waals surface area contributed by atoms with Crippen molar-refractivity contribution in [3.05, 3.63) is 18.3 Å². The summed E-state index contributed by atoms with van der Waals surface area (Å²) in [6.45, 7) is 4.30. The van der Waals surface area contributed by atoms with Crippen LogP contribution < -0.4 is 10.0 Å². The maximum absolute atomic E-state index is 12.3. The Morgan fingerprint density at radius 1 is 1.43 bits per heavy atom. The number of nitrogens with zero attached hydrogens (tertiary/aromatic N) is 1. The van der Waals surface area contributed by atoms with Crippen molar-refractivity contribution in [3.8, 4) is 0 Å². The van der Waals surface area contributed by atoms with E-state index in [-0.39, 0.29) is 17.7 Å². The van der Waals surface area contributed by atoms with Crippen molar-refractivity contribution in [3.63, 3.8) is 0 Å². The predicted molar refractivity (Wildman–Crippen MR) is 78.8 cm³/mol. The van der Waals surface area contributed by atoms with E-state index in [1.807, 2.05) is 6.92 Å². The Morgan fingerprint density at radius 3 is 3.00 bits per heavy atom. The highest BCUT2D eigenvalue weighted by molar-refractivity contribution is 7.89. The summed E-state index contributed by atoms with van der Waals surface area (Å²) in [5.74, 6) is 0. The van der Waals surface area contributed by atoms with Crippen LogP contribution in [0.25, 0.3) is 0 Å². The topological polar surface area (TPSA) is 89.6 Å². The molecule has 0 aliphatic carbocycles. The van der Waals surface area contributed by atoms with Crippen LogP contribution in [-0.2, 0) is 19.5 Å². The largest absolute Gasteiger partial charge is 0.383 e. The van der Waals surface area contributed by atoms with Gasteiger partial charge in [-0.2, -0.15) is 0 Å². The zero-order valence-corrected chi connectivity index (χ0v) is 12.9. The number of nitrogens with one attached hydrogen (secondary N) is 2. The lowest BCUT2D eigenvalue weighted by Gasteiger charge is -2.23. The van der Waals surface area contributed by atoms with E-state index in [2.05, 4.69) is 15.0 Å². The minimum Gasteiger partial charge on any atom is -0.383 e. The molecule has 1 aliphatic heterocycles. The van der Waals surface area contributed by atoms with Gasteiger partial charge < -0.3 is 14.8 Å². The number of anilines is 1. The molecule has 1 unspecified atom stereocenters. The quantitative estimate of drug-likeness (QED) is 0.766. The van der Waals surface area contributed by atoms with E-state index < -0.39 is 10.0 Å². The average Bonchev–Trinajstić information content (AvgIpc) is 2.52. The van der Waals surface area contributed by atoms with Crippen molar-refractivity contribution in [1.29, 1.82) is 0 Å². The molecule has 21 heavy (non-hydrogen) atoms. The Balaban J connectivity index is 2.04. The monoisotopic (exact) mass is 315 g/mol. The number of pyridine rings is 1. The van der Waals surface area contributed by atoms with Crippen LogP contribution in [0.1, 0.15) is 13.3 Å². The van der Waals surface area contributed by atoms with Gasteiger partial charge in [0.1, 0.15) is 0 Å². The molecular weight excluding hydrogens is 294 g/mol. The van der Waals surface area contributed by atoms with Gasteiger partial charge in [0.15, 0.2) is 5.03 Å². The maximum Gasteiger partial charge on any atom is 0.260 e. The molecule has 118 valence electrons. The van der Waals surface area contributed by atoms with E-state index in [0.29, 0.717) is 32.1 Å². The van der Waals surface area contributed by atoms with Gasteiger partial charge in [-0.3, -0.25) is 0 Å². The number of sulfonamides is 1. The molecule has 0 spiro atoms. The summed E-state index contributed by atoms with van der Waals surface area (Å²) in [5.41, 5.74) is 0.507. The highest BCUT2D eigenvalue weighted by Gasteiger charge is 2.23. The van der Waals surface area contributed by atoms with Gasteiger partial charge in [-0.25, -0.2) is 18.1 Å². The Kier molecular flexibility index (Phi) is 5.92. The normalized spacial score (nSPS) is 19.4. The summed E-state index contributed by atoms with van der Waals surface area (Å²) in [5, 5.41) is 3.08. The number of rotatable bonds is 7. The van der Waals surface area contributed by atoms with Crippen molar-refractivity contribution in [2.45, 2.75) is 24.5 Å². The van der Waals surface area contributed by atoms with Gasteiger partial charge in [0.25, 0.3) is 10.0 Å². The van der Waals surface area contributed by atoms with E-state index in [1.165, 1.54) is 6.20 Å². The summed E-state index contributed by atoms with van der Waals surface area (Å²) in [4.78, 5) is 3.98. The van der Waals surface area contributed by atoms with E-state index in [0.717, 1.165) is 6.42 Å². The first-order chi connectivity index (χ1) is 10.1. The second-order valence-electron chi connectivity index (χ2n) is 4.70. The first-order valence-corrected chi connectivity index (χ1v) is 8.49. The van der Waals surface area contributed by atoms with Crippen molar-refractivity contribution >= 4 is 15.7 Å². The molecule has 0 bridgehead atoms. The molecule has 0 radical (unpaired) electrons. The summed E-state index contributed by atoms with van der Waals surface area (Å²) >= 11 is 0. The molecule has 0 saturated carbocycles. The van der Waals surface area contributed by atoms with Crippen LogP contribution in [0, 0.1) is 0 Å². The third-order valence-corrected chi connectivity index (χ3v) is 4.36. The summed E-state index contributed by atoms with van der Waals surface area (Å²) < 4.78 is 37.9. The molecule has 7 nitrogen and oxygen atoms in total. The maximum atomic E-state index is 12.3. The van der Waals surface area contributed by atoms with E-state index in [9.17, 15) is 8.42 Å². The minimum absolute atomic E-state index is 0.00942. The van der Waals surface area contributed by atoms with E-state index >= 15 is 0 Å². The average molecular weight is 315 g/mol. The molecule has 1 aliphatic rings. The minimum atomic E-state index is -3.68. The molecule has 1 fully saturated rings. The third kappa shape index (κ3) is 4.63. The van der Waals surface area contributed by atoms with Gasteiger partial charge >= 0.3 is 0 Å². The zero-order chi connectivity index (χ0) is 15.1. The first kappa shape index (κ1) is 16.2. The van der Waals surface area contributed by atoms with Crippen LogP contribution in [0.3, 0.4) is 0 Å². The van der Waals surface area contributed by atoms with Crippen LogP contribution in [0.2, 0.25) is 0 Å². The van der Waals surface area contributed by atoms with Crippen molar-refractivity contribution in [2.75, 3.05) is 38.2 Å². The fourth-order valence-corrected chi connectivity index (χ4v) is 3.10. The van der Waals surface area contributed by atoms with Gasteiger partial charge in [-0.15, -0.1) is 0 Å². The lowest BCUT2D eigenvalue weighted by molar-refractivity contribution is -0.0847. The molecule has 2 N–H and O–H groups in total. The summed E-state index contributed by atoms with van der Waals surface area (Å²) in [7, 11) is -3.68. The molecule has 0 aromatic carbocycles. The molecule has 1 aromatic rings. The van der Waals surface area contributed by atoms with Crippen molar-refractivity contribution < 1.29 is 17.9 Å². The van der Waals surface area contributed by atoms with Crippen LogP contribution >= 0.6 is 0 Å². The molecule has 0 amide bonds. The van der Waals surface area contributed by atoms with Crippen LogP contribution in [0.4, 0.5) is 5.69 Å². The van der Waals surface area contributed by atoms with Crippen molar-refractivity contribution in [2.24, 2.45) is 0 Å². The zero-order valence-electron chi connectivity index (χ0n) is 12.0. The van der Waals surface area contributed by atoms with Gasteiger partial charge in [0, 0.05) is 19.3 Å². The van der Waals surface area contributed by atoms with Gasteiger partial charge in [-0.1, -0.05) is 6.92 Å². The Labute approximate surface area is 125 Å². The third-order valence-electron chi connectivity index (χ3n) is 2.98. The van der Waals surface area contributed by atoms with Gasteiger partial charge in [0.05, 0.1) is 31.6 Å². The fourth-order valence-electron chi connectivity index (χ4n) is 1.92. The molecule has 2 heterocycles. The van der Waals surface area contributed by atoms with E-state index in [1.54, 1.807) is 12.1 Å². The van der Waals surface area contributed by atoms with E-state index in [4.69, 9.17) is 9.47 Å². The lowest BCUT2D eigenvalue weighted by Crippen LogP contribution is -2.40. The van der Waals surface area contributed by atoms with Gasteiger partial charge in [0.2, 0.25) is 0 Å². The second kappa shape index (κ2) is 7.69. The van der Waals surface area contributed by atoms with Crippen LogP contribution in [-0.4, -0.2) is 52.4 Å². The summed E-state index contributed by atoms with van der Waals surface area (Å²) in [6.07, 6.45) is 2.10. The van der Waals surface area contributed by atoms with Crippen LogP contribution in [0.5, 0.6) is 0 Å². The number of aromatic nitrogens is 1. The summed E-state index contributed by atoms with van der Waals surface area (Å²) in [6, 6.07) is 3.41. The molecule has 1 atom stereocenters. The highest BCUT2D eigenvalue weighted by atomic mass is 32.2. The standard InChI is InChI=1S/C13H21N3O4S/c1-2-5-14-12-4-3-6-15-13(12)21(17,18)16-9-11-10-19-7-8-20-11/h3-4,6,11,14,16H,2,5,7-10H2,1H3. The molecule has 1 aromatic heterocycles. The molecular formula is C13H21N3O4S. The Morgan fingerprint density at radius 2 is 2.29 bits per heavy atom. The van der Waals surface area contributed by atoms with Gasteiger partial charge in [-0.05, 0) is 18.6 Å². The Bertz CT molecular complexity index is 544. The first-order valence-electron chi connectivity index (χ1n) is 7.01. The van der Waals surface area contributed by atoms with Crippen molar-refractivity contribution in [1.82, 2.24) is 9.71 Å². The molecule has 8 heteroatoms. The second-order valence-corrected chi connectivity index (χ2v) is 6.38. The molecule has 1 saturated heterocycles. The number of hydrogen-bond acceptors (Lipinski definition) is 6. The smallest absolute Gasteiger partial charge is 0.260 e. The molecule has 2 rings (SSSR count). The highest BCUT2D eigenvalue weighted by Crippen LogP contribution is 2.17. The SMILES string of the molecule is CCCNc1cccnc1S(=O)(=O)NCC1COCCO1. The lowest BCUT2D eigenvalue weighted by atomic mass is 10.3. The fraction of sp³-hybridized carbons (Fsp3) is 0.615. The Hall–Kier alpha value is -1.22. The predicted octanol–water partition coefficient (Wildman–Crippen LogP) is 0.597. The number of hydrogen-bond donors (Lipinski definition) is 2.